The molecule has 1 heterocycles. The molecule has 2 aromatic rings. The molecule has 1 aromatic heterocycles. The van der Waals surface area contributed by atoms with E-state index >= 15 is 0 Å². The van der Waals surface area contributed by atoms with E-state index in [2.05, 4.69) is 46.1 Å². The maximum absolute atomic E-state index is 12.0. The summed E-state index contributed by atoms with van der Waals surface area (Å²) in [7, 11) is 0. The Bertz CT molecular complexity index is 642. The second-order valence-electron chi connectivity index (χ2n) is 5.85. The molecule has 6 heteroatoms. The van der Waals surface area contributed by atoms with Crippen molar-refractivity contribution in [2.75, 3.05) is 5.75 Å². The number of rotatable bonds is 9. The van der Waals surface area contributed by atoms with Crippen molar-refractivity contribution >= 4 is 17.7 Å². The first-order valence-corrected chi connectivity index (χ1v) is 9.50. The molecule has 0 saturated heterocycles. The molecule has 1 atom stereocenters. The van der Waals surface area contributed by atoms with Crippen LogP contribution in [0.5, 0.6) is 0 Å². The zero-order valence-corrected chi connectivity index (χ0v) is 15.5. The van der Waals surface area contributed by atoms with Gasteiger partial charge in [0.2, 0.25) is 5.91 Å². The first-order chi connectivity index (χ1) is 11.6. The highest BCUT2D eigenvalue weighted by Gasteiger charge is 2.14. The molecule has 0 spiro atoms. The minimum atomic E-state index is 0.0520. The van der Waals surface area contributed by atoms with Crippen LogP contribution in [0.3, 0.4) is 0 Å². The molecule has 130 valence electrons. The minimum absolute atomic E-state index is 0.0520. The number of nitrogens with zero attached hydrogens (tertiary/aromatic N) is 3. The molecular formula is C18H26N4OS. The lowest BCUT2D eigenvalue weighted by Crippen LogP contribution is -2.33. The van der Waals surface area contributed by atoms with Gasteiger partial charge in [-0.15, -0.1) is 10.2 Å². The Kier molecular flexibility index (Phi) is 7.31. The van der Waals surface area contributed by atoms with Gasteiger partial charge in [0.25, 0.3) is 0 Å². The van der Waals surface area contributed by atoms with Crippen molar-refractivity contribution in [3.05, 3.63) is 41.7 Å². The summed E-state index contributed by atoms with van der Waals surface area (Å²) < 4.78 is 2.08. The monoisotopic (exact) mass is 346 g/mol. The van der Waals surface area contributed by atoms with Crippen molar-refractivity contribution in [1.29, 1.82) is 0 Å². The molecule has 0 radical (unpaired) electrons. The molecule has 0 saturated carbocycles. The van der Waals surface area contributed by atoms with Crippen LogP contribution in [0.2, 0.25) is 0 Å². The fourth-order valence-corrected chi connectivity index (χ4v) is 3.44. The molecule has 24 heavy (non-hydrogen) atoms. The number of nitrogens with one attached hydrogen (secondary N) is 1. The van der Waals surface area contributed by atoms with E-state index in [4.69, 9.17) is 0 Å². The van der Waals surface area contributed by atoms with Crippen LogP contribution < -0.4 is 5.32 Å². The number of hydrogen-bond donors (Lipinski definition) is 1. The van der Waals surface area contributed by atoms with Crippen molar-refractivity contribution in [2.45, 2.75) is 57.8 Å². The van der Waals surface area contributed by atoms with Crippen LogP contribution >= 0.6 is 11.8 Å². The van der Waals surface area contributed by atoms with E-state index in [1.165, 1.54) is 17.3 Å². The molecule has 0 fully saturated rings. The molecule has 0 bridgehead atoms. The first kappa shape index (κ1) is 18.5. The Labute approximate surface area is 148 Å². The van der Waals surface area contributed by atoms with Gasteiger partial charge in [-0.3, -0.25) is 4.79 Å². The van der Waals surface area contributed by atoms with Gasteiger partial charge >= 0.3 is 0 Å². The summed E-state index contributed by atoms with van der Waals surface area (Å²) in [6.07, 6.45) is 2.83. The summed E-state index contributed by atoms with van der Waals surface area (Å²) in [5.41, 5.74) is 1.21. The molecule has 0 aliphatic carbocycles. The van der Waals surface area contributed by atoms with Crippen LogP contribution in [0.25, 0.3) is 0 Å². The summed E-state index contributed by atoms with van der Waals surface area (Å²) in [4.78, 5) is 12.0. The minimum Gasteiger partial charge on any atom is -0.353 e. The van der Waals surface area contributed by atoms with E-state index in [0.717, 1.165) is 36.8 Å². The Morgan fingerprint density at radius 2 is 2.00 bits per heavy atom. The van der Waals surface area contributed by atoms with Crippen molar-refractivity contribution < 1.29 is 4.79 Å². The van der Waals surface area contributed by atoms with E-state index in [-0.39, 0.29) is 11.9 Å². The third-order valence-corrected chi connectivity index (χ3v) is 4.74. The van der Waals surface area contributed by atoms with E-state index in [9.17, 15) is 4.79 Å². The Morgan fingerprint density at radius 1 is 1.25 bits per heavy atom. The molecule has 1 N–H and O–H groups in total. The highest BCUT2D eigenvalue weighted by molar-refractivity contribution is 7.99. The number of thioether (sulfide) groups is 1. The molecule has 0 aliphatic rings. The van der Waals surface area contributed by atoms with Crippen LogP contribution in [0.4, 0.5) is 0 Å². The average Bonchev–Trinajstić information content (AvgIpc) is 2.95. The van der Waals surface area contributed by atoms with Gasteiger partial charge in [0.05, 0.1) is 5.75 Å². The molecule has 0 aliphatic heterocycles. The Morgan fingerprint density at radius 3 is 2.67 bits per heavy atom. The standard InChI is InChI=1S/C18H26N4OS/c1-4-9-14(3)19-17(23)13-24-18-21-20-16(22(18)5-2)12-15-10-7-6-8-11-15/h6-8,10-11,14H,4-5,9,12-13H2,1-3H3,(H,19,23). The lowest BCUT2D eigenvalue weighted by atomic mass is 10.1. The van der Waals surface area contributed by atoms with Gasteiger partial charge in [-0.2, -0.15) is 0 Å². The smallest absolute Gasteiger partial charge is 0.230 e. The number of amides is 1. The lowest BCUT2D eigenvalue weighted by Gasteiger charge is -2.12. The molecule has 1 unspecified atom stereocenters. The first-order valence-electron chi connectivity index (χ1n) is 8.52. The van der Waals surface area contributed by atoms with E-state index in [0.29, 0.717) is 5.75 Å². The second-order valence-corrected chi connectivity index (χ2v) is 6.79. The molecule has 1 aromatic carbocycles. The summed E-state index contributed by atoms with van der Waals surface area (Å²) >= 11 is 1.45. The van der Waals surface area contributed by atoms with Crippen LogP contribution in [0, 0.1) is 0 Å². The fourth-order valence-electron chi connectivity index (χ4n) is 2.60. The van der Waals surface area contributed by atoms with Gasteiger partial charge < -0.3 is 9.88 Å². The average molecular weight is 347 g/mol. The topological polar surface area (TPSA) is 59.8 Å². The summed E-state index contributed by atoms with van der Waals surface area (Å²) in [6, 6.07) is 10.5. The van der Waals surface area contributed by atoms with Crippen molar-refractivity contribution in [2.24, 2.45) is 0 Å². The predicted octanol–water partition coefficient (Wildman–Crippen LogP) is 3.29. The van der Waals surface area contributed by atoms with Crippen LogP contribution in [-0.4, -0.2) is 32.5 Å². The molecule has 5 nitrogen and oxygen atoms in total. The van der Waals surface area contributed by atoms with E-state index in [1.807, 2.05) is 25.1 Å². The maximum Gasteiger partial charge on any atom is 0.230 e. The van der Waals surface area contributed by atoms with Crippen LogP contribution in [0.15, 0.2) is 35.5 Å². The van der Waals surface area contributed by atoms with Crippen LogP contribution in [-0.2, 0) is 17.8 Å². The number of hydrogen-bond acceptors (Lipinski definition) is 4. The number of benzene rings is 1. The highest BCUT2D eigenvalue weighted by Crippen LogP contribution is 2.18. The van der Waals surface area contributed by atoms with E-state index < -0.39 is 0 Å². The predicted molar refractivity (Wildman–Crippen MR) is 98.2 cm³/mol. The van der Waals surface area contributed by atoms with Gasteiger partial charge in [0.1, 0.15) is 5.82 Å². The van der Waals surface area contributed by atoms with Crippen molar-refractivity contribution in [1.82, 2.24) is 20.1 Å². The molecular weight excluding hydrogens is 320 g/mol. The highest BCUT2D eigenvalue weighted by atomic mass is 32.2. The summed E-state index contributed by atoms with van der Waals surface area (Å²) in [5.74, 6) is 1.36. The fraction of sp³-hybridized carbons (Fsp3) is 0.500. The Balaban J connectivity index is 1.95. The number of aromatic nitrogens is 3. The van der Waals surface area contributed by atoms with Crippen molar-refractivity contribution in [3.63, 3.8) is 0 Å². The zero-order valence-electron chi connectivity index (χ0n) is 14.7. The van der Waals surface area contributed by atoms with Gasteiger partial charge in [-0.05, 0) is 25.8 Å². The second kappa shape index (κ2) is 9.47. The largest absolute Gasteiger partial charge is 0.353 e. The van der Waals surface area contributed by atoms with Gasteiger partial charge in [-0.1, -0.05) is 55.4 Å². The third kappa shape index (κ3) is 5.37. The lowest BCUT2D eigenvalue weighted by molar-refractivity contribution is -0.119. The molecule has 1 amide bonds. The van der Waals surface area contributed by atoms with Gasteiger partial charge in [0.15, 0.2) is 5.16 Å². The van der Waals surface area contributed by atoms with E-state index in [1.54, 1.807) is 0 Å². The van der Waals surface area contributed by atoms with Crippen molar-refractivity contribution in [3.8, 4) is 0 Å². The Hall–Kier alpha value is -1.82. The number of carbonyl (C=O) groups excluding carboxylic acids is 1. The molecule has 2 rings (SSSR count). The third-order valence-electron chi connectivity index (χ3n) is 3.78. The normalized spacial score (nSPS) is 12.1. The quantitative estimate of drug-likeness (QED) is 0.708. The summed E-state index contributed by atoms with van der Waals surface area (Å²) in [5, 5.41) is 12.4. The zero-order chi connectivity index (χ0) is 17.4. The van der Waals surface area contributed by atoms with Gasteiger partial charge in [-0.25, -0.2) is 0 Å². The summed E-state index contributed by atoms with van der Waals surface area (Å²) in [6.45, 7) is 7.03. The van der Waals surface area contributed by atoms with Crippen LogP contribution in [0.1, 0.15) is 45.0 Å². The van der Waals surface area contributed by atoms with Gasteiger partial charge in [0, 0.05) is 19.0 Å². The maximum atomic E-state index is 12.0. The number of carbonyl (C=O) groups is 1. The SMILES string of the molecule is CCCC(C)NC(=O)CSc1nnc(Cc2ccccc2)n1CC.